The zero-order chi connectivity index (χ0) is 14.0. The molecular weight excluding hydrogens is 244 g/mol. The predicted octanol–water partition coefficient (Wildman–Crippen LogP) is 1.28. The third kappa shape index (κ3) is 2.54. The van der Waals surface area contributed by atoms with Gasteiger partial charge in [-0.1, -0.05) is 6.07 Å². The topological polar surface area (TPSA) is 49.9 Å². The molecule has 5 heteroatoms. The largest absolute Gasteiger partial charge is 0.497 e. The zero-order valence-electron chi connectivity index (χ0n) is 11.4. The Morgan fingerprint density at radius 1 is 1.37 bits per heavy atom. The summed E-state index contributed by atoms with van der Waals surface area (Å²) in [4.78, 5) is 27.1. The van der Waals surface area contributed by atoms with E-state index in [9.17, 15) is 9.59 Å². The molecule has 1 aromatic rings. The quantitative estimate of drug-likeness (QED) is 0.806. The van der Waals surface area contributed by atoms with E-state index in [2.05, 4.69) is 0 Å². The maximum Gasteiger partial charge on any atom is 0.249 e. The fraction of sp³-hybridized carbons (Fsp3) is 0.429. The van der Waals surface area contributed by atoms with Gasteiger partial charge in [0.05, 0.1) is 7.11 Å². The number of piperazine rings is 1. The van der Waals surface area contributed by atoms with Gasteiger partial charge in [-0.3, -0.25) is 9.59 Å². The first kappa shape index (κ1) is 13.4. The van der Waals surface area contributed by atoms with Crippen LogP contribution in [0.4, 0.5) is 5.69 Å². The van der Waals surface area contributed by atoms with Crippen LogP contribution >= 0.6 is 0 Å². The number of amides is 2. The summed E-state index contributed by atoms with van der Waals surface area (Å²) in [6.45, 7) is 4.32. The summed E-state index contributed by atoms with van der Waals surface area (Å²) >= 11 is 0. The van der Waals surface area contributed by atoms with Gasteiger partial charge in [0.15, 0.2) is 0 Å². The van der Waals surface area contributed by atoms with Crippen LogP contribution in [-0.2, 0) is 9.59 Å². The molecule has 1 heterocycles. The van der Waals surface area contributed by atoms with E-state index in [0.717, 1.165) is 5.69 Å². The Bertz CT molecular complexity index is 501. The minimum atomic E-state index is -0.419. The first-order valence-electron chi connectivity index (χ1n) is 6.27. The number of benzene rings is 1. The van der Waals surface area contributed by atoms with Crippen LogP contribution in [0.1, 0.15) is 13.8 Å². The van der Waals surface area contributed by atoms with Crippen molar-refractivity contribution >= 4 is 17.5 Å². The molecule has 0 unspecified atom stereocenters. The first-order valence-corrected chi connectivity index (χ1v) is 6.27. The van der Waals surface area contributed by atoms with Gasteiger partial charge in [0, 0.05) is 31.8 Å². The number of rotatable bonds is 2. The number of hydrogen-bond donors (Lipinski definition) is 0. The summed E-state index contributed by atoms with van der Waals surface area (Å²) in [5, 5.41) is 0. The van der Waals surface area contributed by atoms with Crippen molar-refractivity contribution < 1.29 is 14.3 Å². The molecule has 0 spiro atoms. The molecule has 0 N–H and O–H groups in total. The minimum absolute atomic E-state index is 0.0605. The van der Waals surface area contributed by atoms with E-state index in [1.54, 1.807) is 23.8 Å². The Morgan fingerprint density at radius 3 is 2.74 bits per heavy atom. The van der Waals surface area contributed by atoms with Crippen LogP contribution in [-0.4, -0.2) is 43.0 Å². The summed E-state index contributed by atoms with van der Waals surface area (Å²) in [6, 6.07) is 6.97. The second-order valence-corrected chi connectivity index (χ2v) is 4.58. The highest BCUT2D eigenvalue weighted by atomic mass is 16.5. The summed E-state index contributed by atoms with van der Waals surface area (Å²) in [7, 11) is 1.59. The first-order chi connectivity index (χ1) is 9.04. The Morgan fingerprint density at radius 2 is 2.11 bits per heavy atom. The molecule has 0 saturated carbocycles. The highest BCUT2D eigenvalue weighted by Crippen LogP contribution is 2.24. The van der Waals surface area contributed by atoms with Crippen LogP contribution in [0.3, 0.4) is 0 Å². The van der Waals surface area contributed by atoms with Gasteiger partial charge >= 0.3 is 0 Å². The molecule has 1 saturated heterocycles. The molecule has 1 atom stereocenters. The van der Waals surface area contributed by atoms with E-state index in [4.69, 9.17) is 4.74 Å². The Balaban J connectivity index is 2.23. The van der Waals surface area contributed by atoms with E-state index in [1.807, 2.05) is 24.3 Å². The second-order valence-electron chi connectivity index (χ2n) is 4.58. The molecule has 1 aromatic carbocycles. The number of carbonyl (C=O) groups is 2. The second kappa shape index (κ2) is 5.30. The lowest BCUT2D eigenvalue weighted by molar-refractivity contribution is -0.139. The average molecular weight is 262 g/mol. The third-order valence-electron chi connectivity index (χ3n) is 3.42. The number of anilines is 1. The third-order valence-corrected chi connectivity index (χ3v) is 3.42. The molecule has 19 heavy (non-hydrogen) atoms. The van der Waals surface area contributed by atoms with Gasteiger partial charge in [-0.15, -0.1) is 0 Å². The van der Waals surface area contributed by atoms with Gasteiger partial charge in [0.1, 0.15) is 11.8 Å². The monoisotopic (exact) mass is 262 g/mol. The maximum atomic E-state index is 12.3. The van der Waals surface area contributed by atoms with Crippen LogP contribution in [0.15, 0.2) is 24.3 Å². The average Bonchev–Trinajstić information content (AvgIpc) is 2.41. The molecule has 0 aliphatic carbocycles. The van der Waals surface area contributed by atoms with Crippen molar-refractivity contribution in [3.63, 3.8) is 0 Å². The number of nitrogens with zero attached hydrogens (tertiary/aromatic N) is 2. The number of carbonyl (C=O) groups excluding carboxylic acids is 2. The summed E-state index contributed by atoms with van der Waals surface area (Å²) in [6.07, 6.45) is 0. The van der Waals surface area contributed by atoms with Crippen LogP contribution in [0.2, 0.25) is 0 Å². The van der Waals surface area contributed by atoms with E-state index in [1.165, 1.54) is 6.92 Å². The molecule has 2 rings (SSSR count). The summed E-state index contributed by atoms with van der Waals surface area (Å²) in [5.41, 5.74) is 0.805. The van der Waals surface area contributed by atoms with Gasteiger partial charge in [0.2, 0.25) is 11.8 Å². The minimum Gasteiger partial charge on any atom is -0.497 e. The van der Waals surface area contributed by atoms with Crippen molar-refractivity contribution in [2.24, 2.45) is 0 Å². The maximum absolute atomic E-state index is 12.3. The van der Waals surface area contributed by atoms with E-state index < -0.39 is 6.04 Å². The van der Waals surface area contributed by atoms with Gasteiger partial charge in [0.25, 0.3) is 0 Å². The smallest absolute Gasteiger partial charge is 0.249 e. The Labute approximate surface area is 112 Å². The van der Waals surface area contributed by atoms with Crippen molar-refractivity contribution in [3.8, 4) is 5.75 Å². The van der Waals surface area contributed by atoms with E-state index in [0.29, 0.717) is 18.8 Å². The molecule has 2 amide bonds. The predicted molar refractivity (Wildman–Crippen MR) is 72.2 cm³/mol. The standard InChI is InChI=1S/C14H18N2O3/c1-10-14(18)16(8-7-15(10)11(2)17)12-5-4-6-13(9-12)19-3/h4-6,9-10H,7-8H2,1-3H3/t10-/m1/s1. The van der Waals surface area contributed by atoms with Crippen molar-refractivity contribution in [2.75, 3.05) is 25.1 Å². The van der Waals surface area contributed by atoms with Crippen LogP contribution < -0.4 is 9.64 Å². The van der Waals surface area contributed by atoms with E-state index in [-0.39, 0.29) is 11.8 Å². The molecule has 0 bridgehead atoms. The summed E-state index contributed by atoms with van der Waals surface area (Å²) < 4.78 is 5.16. The van der Waals surface area contributed by atoms with Crippen LogP contribution in [0.25, 0.3) is 0 Å². The number of ether oxygens (including phenoxy) is 1. The summed E-state index contributed by atoms with van der Waals surface area (Å²) in [5.74, 6) is 0.591. The molecule has 1 fully saturated rings. The van der Waals surface area contributed by atoms with Gasteiger partial charge in [-0.05, 0) is 19.1 Å². The molecule has 0 radical (unpaired) electrons. The molecule has 1 aliphatic heterocycles. The van der Waals surface area contributed by atoms with Gasteiger partial charge < -0.3 is 14.5 Å². The fourth-order valence-electron chi connectivity index (χ4n) is 2.34. The lowest BCUT2D eigenvalue weighted by atomic mass is 10.1. The number of hydrogen-bond acceptors (Lipinski definition) is 3. The molecule has 102 valence electrons. The lowest BCUT2D eigenvalue weighted by Gasteiger charge is -2.38. The zero-order valence-corrected chi connectivity index (χ0v) is 11.4. The normalized spacial score (nSPS) is 19.5. The van der Waals surface area contributed by atoms with Crippen molar-refractivity contribution in [1.82, 2.24) is 4.90 Å². The van der Waals surface area contributed by atoms with Crippen molar-refractivity contribution in [2.45, 2.75) is 19.9 Å². The molecular formula is C14H18N2O3. The lowest BCUT2D eigenvalue weighted by Crippen LogP contribution is -2.57. The highest BCUT2D eigenvalue weighted by molar-refractivity contribution is 6.00. The Kier molecular flexibility index (Phi) is 3.74. The fourth-order valence-corrected chi connectivity index (χ4v) is 2.34. The van der Waals surface area contributed by atoms with Crippen molar-refractivity contribution in [1.29, 1.82) is 0 Å². The molecule has 0 aromatic heterocycles. The van der Waals surface area contributed by atoms with Gasteiger partial charge in [-0.2, -0.15) is 0 Å². The van der Waals surface area contributed by atoms with Crippen LogP contribution in [0.5, 0.6) is 5.75 Å². The van der Waals surface area contributed by atoms with Gasteiger partial charge in [-0.25, -0.2) is 0 Å². The van der Waals surface area contributed by atoms with Crippen molar-refractivity contribution in [3.05, 3.63) is 24.3 Å². The Hall–Kier alpha value is -2.04. The number of methoxy groups -OCH3 is 1. The molecule has 1 aliphatic rings. The SMILES string of the molecule is COc1cccc(N2CCN(C(C)=O)[C@H](C)C2=O)c1. The van der Waals surface area contributed by atoms with Crippen LogP contribution in [0, 0.1) is 0 Å². The molecule has 5 nitrogen and oxygen atoms in total. The highest BCUT2D eigenvalue weighted by Gasteiger charge is 2.33. The van der Waals surface area contributed by atoms with E-state index >= 15 is 0 Å².